The standard InChI is InChI=1S/C11H17N5O2S2/c1-8-7-19-10(15-8)3-4-14-20(17,18)11-9(5-12-2)6-13-16-11/h6-7,12,14H,3-5H2,1-2H3,(H,13,16). The molecule has 2 rings (SSSR count). The summed E-state index contributed by atoms with van der Waals surface area (Å²) >= 11 is 1.53. The summed E-state index contributed by atoms with van der Waals surface area (Å²) in [5.41, 5.74) is 1.57. The Balaban J connectivity index is 1.98. The van der Waals surface area contributed by atoms with E-state index >= 15 is 0 Å². The largest absolute Gasteiger partial charge is 0.316 e. The van der Waals surface area contributed by atoms with Gasteiger partial charge in [0.1, 0.15) is 0 Å². The number of aryl methyl sites for hydroxylation is 1. The van der Waals surface area contributed by atoms with E-state index in [1.165, 1.54) is 17.5 Å². The molecule has 0 saturated carbocycles. The number of thiazole rings is 1. The highest BCUT2D eigenvalue weighted by molar-refractivity contribution is 7.89. The van der Waals surface area contributed by atoms with Crippen LogP contribution in [0.15, 0.2) is 16.6 Å². The fourth-order valence-corrected chi connectivity index (χ4v) is 3.66. The van der Waals surface area contributed by atoms with E-state index in [0.717, 1.165) is 10.7 Å². The van der Waals surface area contributed by atoms with E-state index in [9.17, 15) is 8.42 Å². The third kappa shape index (κ3) is 3.63. The van der Waals surface area contributed by atoms with Crippen molar-refractivity contribution in [2.24, 2.45) is 0 Å². The van der Waals surface area contributed by atoms with E-state index in [2.05, 4.69) is 25.2 Å². The topological polar surface area (TPSA) is 99.8 Å². The molecule has 0 radical (unpaired) electrons. The van der Waals surface area contributed by atoms with Crippen LogP contribution in [0.1, 0.15) is 16.3 Å². The van der Waals surface area contributed by atoms with Gasteiger partial charge in [0.05, 0.1) is 11.2 Å². The maximum atomic E-state index is 12.2. The van der Waals surface area contributed by atoms with Crippen LogP contribution in [0.2, 0.25) is 0 Å². The molecule has 9 heteroatoms. The Morgan fingerprint density at radius 1 is 1.45 bits per heavy atom. The quantitative estimate of drug-likeness (QED) is 0.687. The first kappa shape index (κ1) is 15.1. The van der Waals surface area contributed by atoms with Gasteiger partial charge in [-0.1, -0.05) is 0 Å². The molecular formula is C11H17N5O2S2. The third-order valence-corrected chi connectivity index (χ3v) is 5.11. The van der Waals surface area contributed by atoms with E-state index in [1.54, 1.807) is 7.05 Å². The van der Waals surface area contributed by atoms with Crippen LogP contribution in [0, 0.1) is 6.92 Å². The summed E-state index contributed by atoms with van der Waals surface area (Å²) in [6.45, 7) is 2.67. The minimum absolute atomic E-state index is 0.113. The second-order valence-corrected chi connectivity index (χ2v) is 6.93. The van der Waals surface area contributed by atoms with Crippen LogP contribution in [0.4, 0.5) is 0 Å². The van der Waals surface area contributed by atoms with Crippen molar-refractivity contribution < 1.29 is 8.42 Å². The van der Waals surface area contributed by atoms with Crippen LogP contribution >= 0.6 is 11.3 Å². The van der Waals surface area contributed by atoms with Gasteiger partial charge in [-0.15, -0.1) is 11.3 Å². The lowest BCUT2D eigenvalue weighted by Crippen LogP contribution is -2.27. The zero-order valence-electron chi connectivity index (χ0n) is 11.3. The average molecular weight is 315 g/mol. The summed E-state index contributed by atoms with van der Waals surface area (Å²) in [6.07, 6.45) is 2.09. The smallest absolute Gasteiger partial charge is 0.257 e. The molecule has 2 heterocycles. The van der Waals surface area contributed by atoms with Gasteiger partial charge in [0.15, 0.2) is 5.03 Å². The van der Waals surface area contributed by atoms with Crippen molar-refractivity contribution in [1.82, 2.24) is 25.2 Å². The van der Waals surface area contributed by atoms with Crippen LogP contribution in [0.3, 0.4) is 0 Å². The molecule has 7 nitrogen and oxygen atoms in total. The fourth-order valence-electron chi connectivity index (χ4n) is 1.73. The highest BCUT2D eigenvalue weighted by atomic mass is 32.2. The Morgan fingerprint density at radius 3 is 2.90 bits per heavy atom. The lowest BCUT2D eigenvalue weighted by Gasteiger charge is -2.06. The van der Waals surface area contributed by atoms with E-state index in [4.69, 9.17) is 0 Å². The van der Waals surface area contributed by atoms with Gasteiger partial charge in [-0.25, -0.2) is 18.1 Å². The van der Waals surface area contributed by atoms with E-state index < -0.39 is 10.0 Å². The van der Waals surface area contributed by atoms with E-state index in [1.807, 2.05) is 12.3 Å². The first-order valence-electron chi connectivity index (χ1n) is 6.10. The van der Waals surface area contributed by atoms with Crippen molar-refractivity contribution in [1.29, 1.82) is 0 Å². The number of hydrogen-bond acceptors (Lipinski definition) is 6. The summed E-state index contributed by atoms with van der Waals surface area (Å²) in [6, 6.07) is 0. The Labute approximate surface area is 121 Å². The van der Waals surface area contributed by atoms with Crippen LogP contribution in [0.25, 0.3) is 0 Å². The maximum absolute atomic E-state index is 12.2. The lowest BCUT2D eigenvalue weighted by atomic mass is 10.4. The molecule has 0 aromatic carbocycles. The summed E-state index contributed by atoms with van der Waals surface area (Å²) < 4.78 is 26.9. The minimum Gasteiger partial charge on any atom is -0.316 e. The van der Waals surface area contributed by atoms with E-state index in [-0.39, 0.29) is 5.03 Å². The summed E-state index contributed by atoms with van der Waals surface area (Å²) in [5, 5.41) is 12.2. The van der Waals surface area contributed by atoms with Gasteiger partial charge in [0, 0.05) is 36.1 Å². The van der Waals surface area contributed by atoms with Crippen molar-refractivity contribution >= 4 is 21.4 Å². The molecule has 2 aromatic heterocycles. The van der Waals surface area contributed by atoms with E-state index in [0.29, 0.717) is 25.1 Å². The van der Waals surface area contributed by atoms with Gasteiger partial charge in [0.2, 0.25) is 0 Å². The van der Waals surface area contributed by atoms with Gasteiger partial charge in [0.25, 0.3) is 10.0 Å². The number of nitrogens with zero attached hydrogens (tertiary/aromatic N) is 2. The van der Waals surface area contributed by atoms with Crippen molar-refractivity contribution in [3.05, 3.63) is 27.8 Å². The molecule has 0 atom stereocenters. The number of nitrogens with one attached hydrogen (secondary N) is 3. The average Bonchev–Trinajstić information content (AvgIpc) is 2.99. The monoisotopic (exact) mass is 315 g/mol. The zero-order valence-corrected chi connectivity index (χ0v) is 12.9. The highest BCUT2D eigenvalue weighted by Crippen LogP contribution is 2.12. The Bertz CT molecular complexity index is 662. The molecule has 0 amide bonds. The number of aromatic amines is 1. The van der Waals surface area contributed by atoms with Crippen LogP contribution in [-0.4, -0.2) is 37.2 Å². The van der Waals surface area contributed by atoms with Crippen molar-refractivity contribution in [2.75, 3.05) is 13.6 Å². The van der Waals surface area contributed by atoms with Crippen molar-refractivity contribution in [3.63, 3.8) is 0 Å². The van der Waals surface area contributed by atoms with Crippen molar-refractivity contribution in [3.8, 4) is 0 Å². The van der Waals surface area contributed by atoms with Gasteiger partial charge in [-0.3, -0.25) is 5.10 Å². The number of hydrogen-bond donors (Lipinski definition) is 3. The first-order valence-corrected chi connectivity index (χ1v) is 8.46. The molecule has 110 valence electrons. The van der Waals surface area contributed by atoms with Crippen LogP contribution in [0.5, 0.6) is 0 Å². The number of rotatable bonds is 7. The Kier molecular flexibility index (Phi) is 4.86. The normalized spacial score (nSPS) is 11.9. The first-order chi connectivity index (χ1) is 9.53. The summed E-state index contributed by atoms with van der Waals surface area (Å²) in [7, 11) is -1.81. The number of aromatic nitrogens is 3. The molecule has 0 aliphatic heterocycles. The summed E-state index contributed by atoms with van der Waals surface area (Å²) in [4.78, 5) is 4.29. The molecular weight excluding hydrogens is 298 g/mol. The van der Waals surface area contributed by atoms with Gasteiger partial charge in [-0.2, -0.15) is 5.10 Å². The van der Waals surface area contributed by atoms with Gasteiger partial charge < -0.3 is 5.32 Å². The van der Waals surface area contributed by atoms with Gasteiger partial charge in [-0.05, 0) is 14.0 Å². The third-order valence-electron chi connectivity index (χ3n) is 2.61. The molecule has 0 aliphatic rings. The molecule has 0 aliphatic carbocycles. The van der Waals surface area contributed by atoms with Gasteiger partial charge >= 0.3 is 0 Å². The molecule has 0 unspecified atom stereocenters. The Morgan fingerprint density at radius 2 is 2.25 bits per heavy atom. The molecule has 0 saturated heterocycles. The SMILES string of the molecule is CNCc1cn[nH]c1S(=O)(=O)NCCc1nc(C)cs1. The number of H-pyrrole nitrogens is 1. The molecule has 20 heavy (non-hydrogen) atoms. The lowest BCUT2D eigenvalue weighted by molar-refractivity contribution is 0.575. The zero-order chi connectivity index (χ0) is 14.6. The number of sulfonamides is 1. The Hall–Kier alpha value is -1.29. The van der Waals surface area contributed by atoms with Crippen LogP contribution in [-0.2, 0) is 23.0 Å². The molecule has 2 aromatic rings. The fraction of sp³-hybridized carbons (Fsp3) is 0.455. The predicted octanol–water partition coefficient (Wildman–Crippen LogP) is 0.415. The minimum atomic E-state index is -3.56. The molecule has 3 N–H and O–H groups in total. The maximum Gasteiger partial charge on any atom is 0.257 e. The second kappa shape index (κ2) is 6.44. The van der Waals surface area contributed by atoms with Crippen LogP contribution < -0.4 is 10.0 Å². The molecule has 0 spiro atoms. The van der Waals surface area contributed by atoms with Crippen molar-refractivity contribution in [2.45, 2.75) is 24.9 Å². The highest BCUT2D eigenvalue weighted by Gasteiger charge is 2.20. The second-order valence-electron chi connectivity index (χ2n) is 4.29. The molecule has 0 fully saturated rings. The summed E-state index contributed by atoms with van der Waals surface area (Å²) in [5.74, 6) is 0. The predicted molar refractivity (Wildman–Crippen MR) is 77.1 cm³/mol. The molecule has 0 bridgehead atoms.